The predicted molar refractivity (Wildman–Crippen MR) is 57.5 cm³/mol. The van der Waals surface area contributed by atoms with Gasteiger partial charge >= 0.3 is 0 Å². The monoisotopic (exact) mass is 220 g/mol. The van der Waals surface area contributed by atoms with E-state index in [1.54, 1.807) is 6.07 Å². The molecule has 1 aromatic rings. The Balaban J connectivity index is 1.90. The molecule has 0 unspecified atom stereocenters. The molecule has 1 amide bonds. The van der Waals surface area contributed by atoms with Crippen LogP contribution in [0.25, 0.3) is 0 Å². The molecule has 3 nitrogen and oxygen atoms in total. The van der Waals surface area contributed by atoms with Crippen LogP contribution < -0.4 is 5.32 Å². The molecule has 1 aromatic carbocycles. The van der Waals surface area contributed by atoms with Gasteiger partial charge in [-0.3, -0.25) is 4.79 Å². The molecule has 4 heteroatoms. The minimum Gasteiger partial charge on any atom is -0.330 e. The molecular formula is C12H13FN2O. The van der Waals surface area contributed by atoms with E-state index >= 15 is 0 Å². The van der Waals surface area contributed by atoms with Crippen LogP contribution in [-0.2, 0) is 6.54 Å². The molecule has 0 spiro atoms. The van der Waals surface area contributed by atoms with Crippen molar-refractivity contribution in [3.63, 3.8) is 0 Å². The van der Waals surface area contributed by atoms with Gasteiger partial charge in [-0.25, -0.2) is 4.39 Å². The van der Waals surface area contributed by atoms with Gasteiger partial charge in [-0.2, -0.15) is 0 Å². The van der Waals surface area contributed by atoms with Crippen LogP contribution >= 0.6 is 0 Å². The summed E-state index contributed by atoms with van der Waals surface area (Å²) < 4.78 is 13.1. The normalized spacial score (nSPS) is 23.9. The Morgan fingerprint density at radius 3 is 3.06 bits per heavy atom. The Morgan fingerprint density at radius 1 is 1.44 bits per heavy atom. The lowest BCUT2D eigenvalue weighted by Gasteiger charge is -2.22. The summed E-state index contributed by atoms with van der Waals surface area (Å²) in [4.78, 5) is 13.9. The predicted octanol–water partition coefficient (Wildman–Crippen LogP) is 1.14. The lowest BCUT2D eigenvalue weighted by Crippen LogP contribution is -2.36. The maximum Gasteiger partial charge on any atom is 0.254 e. The Labute approximate surface area is 93.2 Å². The Bertz CT molecular complexity index is 441. The number of nitrogens with zero attached hydrogens (tertiary/aromatic N) is 1. The summed E-state index contributed by atoms with van der Waals surface area (Å²) in [6.45, 7) is 2.36. The van der Waals surface area contributed by atoms with Crippen LogP contribution in [0.5, 0.6) is 0 Å². The van der Waals surface area contributed by atoms with Crippen molar-refractivity contribution >= 4 is 5.91 Å². The van der Waals surface area contributed by atoms with Crippen LogP contribution in [0.15, 0.2) is 18.2 Å². The number of carbonyl (C=O) groups is 1. The molecule has 3 rings (SSSR count). The molecule has 0 bridgehead atoms. The maximum atomic E-state index is 13.1. The summed E-state index contributed by atoms with van der Waals surface area (Å²) in [7, 11) is 0. The highest BCUT2D eigenvalue weighted by molar-refractivity contribution is 5.98. The van der Waals surface area contributed by atoms with Gasteiger partial charge in [0.15, 0.2) is 0 Å². The number of halogens is 1. The van der Waals surface area contributed by atoms with E-state index in [4.69, 9.17) is 0 Å². The van der Waals surface area contributed by atoms with Crippen molar-refractivity contribution in [3.05, 3.63) is 35.1 Å². The molecule has 2 aliphatic heterocycles. The smallest absolute Gasteiger partial charge is 0.254 e. The van der Waals surface area contributed by atoms with Gasteiger partial charge in [-0.15, -0.1) is 0 Å². The van der Waals surface area contributed by atoms with Crippen LogP contribution in [0, 0.1) is 5.82 Å². The molecule has 1 fully saturated rings. The minimum atomic E-state index is -0.266. The highest BCUT2D eigenvalue weighted by Gasteiger charge is 2.33. The maximum absolute atomic E-state index is 13.1. The zero-order valence-electron chi connectivity index (χ0n) is 8.87. The highest BCUT2D eigenvalue weighted by atomic mass is 19.1. The number of rotatable bonds is 1. The minimum absolute atomic E-state index is 0.0451. The Kier molecular flexibility index (Phi) is 2.17. The van der Waals surface area contributed by atoms with Crippen molar-refractivity contribution in [2.75, 3.05) is 13.1 Å². The summed E-state index contributed by atoms with van der Waals surface area (Å²) >= 11 is 0. The lowest BCUT2D eigenvalue weighted by molar-refractivity contribution is 0.0717. The molecule has 2 aliphatic rings. The third kappa shape index (κ3) is 1.41. The van der Waals surface area contributed by atoms with Gasteiger partial charge < -0.3 is 10.2 Å². The molecule has 1 saturated heterocycles. The number of nitrogens with one attached hydrogen (secondary N) is 1. The average Bonchev–Trinajstić information content (AvgIpc) is 2.86. The third-order valence-corrected chi connectivity index (χ3v) is 3.37. The Morgan fingerprint density at radius 2 is 2.31 bits per heavy atom. The van der Waals surface area contributed by atoms with Crippen molar-refractivity contribution in [2.24, 2.45) is 0 Å². The second kappa shape index (κ2) is 3.56. The van der Waals surface area contributed by atoms with Gasteiger partial charge in [-0.05, 0) is 36.7 Å². The second-order valence-corrected chi connectivity index (χ2v) is 4.38. The van der Waals surface area contributed by atoms with Gasteiger partial charge in [0.25, 0.3) is 5.91 Å². The fourth-order valence-corrected chi connectivity index (χ4v) is 2.51. The van der Waals surface area contributed by atoms with Crippen molar-refractivity contribution in [1.82, 2.24) is 10.2 Å². The largest absolute Gasteiger partial charge is 0.330 e. The molecule has 2 heterocycles. The number of carbonyl (C=O) groups excluding carboxylic acids is 1. The van der Waals surface area contributed by atoms with E-state index in [2.05, 4.69) is 5.32 Å². The summed E-state index contributed by atoms with van der Waals surface area (Å²) in [5.41, 5.74) is 1.48. The van der Waals surface area contributed by atoms with Crippen molar-refractivity contribution in [3.8, 4) is 0 Å². The molecular weight excluding hydrogens is 207 g/mol. The first-order valence-corrected chi connectivity index (χ1v) is 5.56. The van der Waals surface area contributed by atoms with Gasteiger partial charge in [-0.1, -0.05) is 0 Å². The molecule has 16 heavy (non-hydrogen) atoms. The summed E-state index contributed by atoms with van der Waals surface area (Å²) in [6, 6.07) is 4.68. The number of fused-ring (bicyclic) bond motifs is 1. The van der Waals surface area contributed by atoms with Crippen LogP contribution in [-0.4, -0.2) is 29.9 Å². The van der Waals surface area contributed by atoms with Gasteiger partial charge in [0.1, 0.15) is 5.82 Å². The zero-order valence-corrected chi connectivity index (χ0v) is 8.87. The third-order valence-electron chi connectivity index (χ3n) is 3.37. The molecule has 0 aliphatic carbocycles. The Hall–Kier alpha value is -1.42. The van der Waals surface area contributed by atoms with Gasteiger partial charge in [0, 0.05) is 24.7 Å². The number of hydrogen-bond donors (Lipinski definition) is 1. The molecule has 0 saturated carbocycles. The number of hydrogen-bond acceptors (Lipinski definition) is 2. The molecule has 1 N–H and O–H groups in total. The van der Waals surface area contributed by atoms with Crippen molar-refractivity contribution in [2.45, 2.75) is 19.0 Å². The van der Waals surface area contributed by atoms with E-state index in [-0.39, 0.29) is 17.8 Å². The first-order chi connectivity index (χ1) is 7.75. The number of amides is 1. The van der Waals surface area contributed by atoms with Gasteiger partial charge in [0.2, 0.25) is 0 Å². The molecule has 0 aromatic heterocycles. The zero-order chi connectivity index (χ0) is 11.1. The number of benzene rings is 1. The van der Waals surface area contributed by atoms with E-state index in [0.717, 1.165) is 25.1 Å². The lowest BCUT2D eigenvalue weighted by atomic mass is 10.1. The quantitative estimate of drug-likeness (QED) is 0.769. The van der Waals surface area contributed by atoms with Crippen LogP contribution in [0.1, 0.15) is 22.3 Å². The van der Waals surface area contributed by atoms with Gasteiger partial charge in [0.05, 0.1) is 0 Å². The summed E-state index contributed by atoms with van der Waals surface area (Å²) in [5.74, 6) is -0.221. The highest BCUT2D eigenvalue weighted by Crippen LogP contribution is 2.26. The first-order valence-electron chi connectivity index (χ1n) is 5.56. The van der Waals surface area contributed by atoms with Crippen molar-refractivity contribution in [1.29, 1.82) is 0 Å². The fraction of sp³-hybridized carbons (Fsp3) is 0.417. The standard InChI is InChI=1S/C12H13FN2O/c13-9-1-2-11-8(5-9)7-15(12(11)16)10-3-4-14-6-10/h1-2,5,10,14H,3-4,6-7H2/t10-/m1/s1. The van der Waals surface area contributed by atoms with E-state index in [1.807, 2.05) is 4.90 Å². The van der Waals surface area contributed by atoms with E-state index in [0.29, 0.717) is 12.1 Å². The molecule has 1 atom stereocenters. The second-order valence-electron chi connectivity index (χ2n) is 4.38. The van der Waals surface area contributed by atoms with E-state index < -0.39 is 0 Å². The van der Waals surface area contributed by atoms with E-state index in [1.165, 1.54) is 12.1 Å². The molecule has 0 radical (unpaired) electrons. The van der Waals surface area contributed by atoms with Crippen LogP contribution in [0.3, 0.4) is 0 Å². The van der Waals surface area contributed by atoms with Crippen LogP contribution in [0.2, 0.25) is 0 Å². The summed E-state index contributed by atoms with van der Waals surface area (Å²) in [5, 5.41) is 3.24. The average molecular weight is 220 g/mol. The SMILES string of the molecule is O=C1c2ccc(F)cc2CN1[C@@H]1CCNC1. The fourth-order valence-electron chi connectivity index (χ4n) is 2.51. The van der Waals surface area contributed by atoms with Crippen molar-refractivity contribution < 1.29 is 9.18 Å². The summed E-state index contributed by atoms with van der Waals surface area (Å²) in [6.07, 6.45) is 0.988. The molecule has 84 valence electrons. The first kappa shape index (κ1) is 9.78. The topological polar surface area (TPSA) is 32.3 Å². The van der Waals surface area contributed by atoms with E-state index in [9.17, 15) is 9.18 Å². The van der Waals surface area contributed by atoms with Crippen LogP contribution in [0.4, 0.5) is 4.39 Å².